The number of aromatic nitrogens is 1. The third-order valence-corrected chi connectivity index (χ3v) is 3.71. The summed E-state index contributed by atoms with van der Waals surface area (Å²) < 4.78 is 11.2. The highest BCUT2D eigenvalue weighted by Gasteiger charge is 2.14. The van der Waals surface area contributed by atoms with E-state index in [-0.39, 0.29) is 0 Å². The number of nitrogens with zero attached hydrogens (tertiary/aromatic N) is 2. The predicted molar refractivity (Wildman–Crippen MR) is 91.7 cm³/mol. The first-order valence-corrected chi connectivity index (χ1v) is 8.42. The Kier molecular flexibility index (Phi) is 8.43. The number of hydrogen-bond donors (Lipinski definition) is 2. The van der Waals surface area contributed by atoms with E-state index < -0.39 is 0 Å². The minimum Gasteiger partial charge on any atom is -0.379 e. The lowest BCUT2D eigenvalue weighted by Crippen LogP contribution is -2.39. The van der Waals surface area contributed by atoms with Gasteiger partial charge >= 0.3 is 0 Å². The maximum absolute atomic E-state index is 5.64. The summed E-state index contributed by atoms with van der Waals surface area (Å²) >= 11 is 0. The Morgan fingerprint density at radius 2 is 2.30 bits per heavy atom. The summed E-state index contributed by atoms with van der Waals surface area (Å²) in [6.07, 6.45) is 6.25. The van der Waals surface area contributed by atoms with Gasteiger partial charge in [0.05, 0.1) is 12.7 Å². The van der Waals surface area contributed by atoms with Gasteiger partial charge in [0.25, 0.3) is 0 Å². The third-order valence-electron chi connectivity index (χ3n) is 3.71. The molecule has 1 aliphatic rings. The average molecular weight is 320 g/mol. The van der Waals surface area contributed by atoms with Gasteiger partial charge in [0.15, 0.2) is 5.96 Å². The Morgan fingerprint density at radius 1 is 1.39 bits per heavy atom. The molecule has 0 aromatic carbocycles. The molecule has 6 heteroatoms. The lowest BCUT2D eigenvalue weighted by Gasteiger charge is -2.13. The van der Waals surface area contributed by atoms with E-state index in [2.05, 4.69) is 20.6 Å². The molecule has 1 aliphatic heterocycles. The van der Waals surface area contributed by atoms with E-state index in [1.165, 1.54) is 0 Å². The van der Waals surface area contributed by atoms with Crippen LogP contribution in [0.2, 0.25) is 0 Å². The van der Waals surface area contributed by atoms with Crippen LogP contribution < -0.4 is 10.6 Å². The molecule has 23 heavy (non-hydrogen) atoms. The van der Waals surface area contributed by atoms with Crippen LogP contribution in [0.3, 0.4) is 0 Å². The van der Waals surface area contributed by atoms with Crippen LogP contribution >= 0.6 is 0 Å². The highest BCUT2D eigenvalue weighted by molar-refractivity contribution is 5.79. The molecule has 128 valence electrons. The molecule has 0 saturated carbocycles. The molecule has 0 bridgehead atoms. The number of pyridine rings is 1. The van der Waals surface area contributed by atoms with Crippen LogP contribution in [0.15, 0.2) is 29.4 Å². The molecule has 6 nitrogen and oxygen atoms in total. The first-order valence-electron chi connectivity index (χ1n) is 8.42. The van der Waals surface area contributed by atoms with Gasteiger partial charge < -0.3 is 20.1 Å². The maximum Gasteiger partial charge on any atom is 0.190 e. The monoisotopic (exact) mass is 320 g/mol. The topological polar surface area (TPSA) is 67.8 Å². The zero-order valence-electron chi connectivity index (χ0n) is 14.0. The van der Waals surface area contributed by atoms with E-state index in [0.29, 0.717) is 6.10 Å². The minimum absolute atomic E-state index is 0.309. The summed E-state index contributed by atoms with van der Waals surface area (Å²) in [6, 6.07) is 5.97. The first-order chi connectivity index (χ1) is 11.4. The van der Waals surface area contributed by atoms with Gasteiger partial charge in [0.1, 0.15) is 0 Å². The molecule has 0 spiro atoms. The van der Waals surface area contributed by atoms with Crippen LogP contribution in [0.5, 0.6) is 0 Å². The second kappa shape index (κ2) is 11.0. The number of ether oxygens (including phenoxy) is 2. The quantitative estimate of drug-likeness (QED) is 0.409. The smallest absolute Gasteiger partial charge is 0.190 e. The summed E-state index contributed by atoms with van der Waals surface area (Å²) in [4.78, 5) is 8.52. The molecule has 0 aliphatic carbocycles. The number of guanidine groups is 1. The molecule has 2 rings (SSSR count). The van der Waals surface area contributed by atoms with E-state index >= 15 is 0 Å². The summed E-state index contributed by atoms with van der Waals surface area (Å²) in [6.45, 7) is 4.01. The maximum atomic E-state index is 5.64. The van der Waals surface area contributed by atoms with E-state index in [4.69, 9.17) is 9.47 Å². The second-order valence-corrected chi connectivity index (χ2v) is 5.56. The molecule has 1 saturated heterocycles. The van der Waals surface area contributed by atoms with Gasteiger partial charge in [-0.25, -0.2) is 0 Å². The highest BCUT2D eigenvalue weighted by atomic mass is 16.5. The molecule has 1 aromatic rings. The van der Waals surface area contributed by atoms with Crippen LogP contribution in [-0.2, 0) is 15.9 Å². The third kappa shape index (κ3) is 7.43. The Labute approximate surface area is 138 Å². The van der Waals surface area contributed by atoms with Crippen LogP contribution in [0.25, 0.3) is 0 Å². The van der Waals surface area contributed by atoms with Crippen LogP contribution in [-0.4, -0.2) is 57.0 Å². The number of aliphatic imine (C=N–C) groups is 1. The number of nitrogens with one attached hydrogen (secondary N) is 2. The predicted octanol–water partition coefficient (Wildman–Crippen LogP) is 1.37. The molecular formula is C17H28N4O2. The van der Waals surface area contributed by atoms with E-state index in [9.17, 15) is 0 Å². The molecule has 1 aromatic heterocycles. The van der Waals surface area contributed by atoms with Gasteiger partial charge in [0, 0.05) is 51.7 Å². The summed E-state index contributed by atoms with van der Waals surface area (Å²) in [5.41, 5.74) is 1.08. The van der Waals surface area contributed by atoms with Crippen LogP contribution in [0, 0.1) is 0 Å². The molecule has 0 radical (unpaired) electrons. The van der Waals surface area contributed by atoms with Gasteiger partial charge in [-0.3, -0.25) is 9.98 Å². The fourth-order valence-electron chi connectivity index (χ4n) is 2.45. The van der Waals surface area contributed by atoms with Crippen molar-refractivity contribution in [2.45, 2.75) is 31.8 Å². The van der Waals surface area contributed by atoms with Crippen molar-refractivity contribution >= 4 is 5.96 Å². The van der Waals surface area contributed by atoms with Gasteiger partial charge in [-0.15, -0.1) is 0 Å². The molecule has 0 amide bonds. The Balaban J connectivity index is 1.47. The normalized spacial score (nSPS) is 18.1. The summed E-state index contributed by atoms with van der Waals surface area (Å²) in [5, 5.41) is 6.58. The fourth-order valence-corrected chi connectivity index (χ4v) is 2.45. The van der Waals surface area contributed by atoms with Gasteiger partial charge in [-0.05, 0) is 31.4 Å². The summed E-state index contributed by atoms with van der Waals surface area (Å²) in [7, 11) is 1.78. The fraction of sp³-hybridized carbons (Fsp3) is 0.647. The van der Waals surface area contributed by atoms with Gasteiger partial charge in [-0.2, -0.15) is 0 Å². The van der Waals surface area contributed by atoms with Crippen molar-refractivity contribution in [3.05, 3.63) is 30.1 Å². The van der Waals surface area contributed by atoms with E-state index in [0.717, 1.165) is 70.2 Å². The lowest BCUT2D eigenvalue weighted by molar-refractivity contribution is 0.0168. The number of rotatable bonds is 9. The molecular weight excluding hydrogens is 292 g/mol. The molecule has 1 fully saturated rings. The first kappa shape index (κ1) is 17.7. The van der Waals surface area contributed by atoms with E-state index in [1.807, 2.05) is 24.4 Å². The number of hydrogen-bond acceptors (Lipinski definition) is 4. The SMILES string of the molecule is CN=C(NCCCOCC1CCCO1)NCCc1ccccn1. The Morgan fingerprint density at radius 3 is 3.04 bits per heavy atom. The molecule has 2 N–H and O–H groups in total. The largest absolute Gasteiger partial charge is 0.379 e. The van der Waals surface area contributed by atoms with Crippen molar-refractivity contribution in [2.24, 2.45) is 4.99 Å². The second-order valence-electron chi connectivity index (χ2n) is 5.56. The molecule has 1 unspecified atom stereocenters. The van der Waals surface area contributed by atoms with Crippen molar-refractivity contribution in [1.29, 1.82) is 0 Å². The van der Waals surface area contributed by atoms with E-state index in [1.54, 1.807) is 7.05 Å². The van der Waals surface area contributed by atoms with Gasteiger partial charge in [-0.1, -0.05) is 6.07 Å². The van der Waals surface area contributed by atoms with Gasteiger partial charge in [0.2, 0.25) is 0 Å². The minimum atomic E-state index is 0.309. The van der Waals surface area contributed by atoms with Crippen molar-refractivity contribution < 1.29 is 9.47 Å². The van der Waals surface area contributed by atoms with Crippen LogP contribution in [0.4, 0.5) is 0 Å². The van der Waals surface area contributed by atoms with Crippen molar-refractivity contribution in [2.75, 3.05) is 40.0 Å². The molecule has 2 heterocycles. The van der Waals surface area contributed by atoms with Crippen molar-refractivity contribution in [3.63, 3.8) is 0 Å². The molecule has 1 atom stereocenters. The standard InChI is InChI=1S/C17H28N4O2/c1-18-17(21-11-8-15-6-2-3-9-19-15)20-10-5-12-22-14-16-7-4-13-23-16/h2-3,6,9,16H,4-5,7-8,10-14H2,1H3,(H2,18,20,21). The van der Waals surface area contributed by atoms with Crippen molar-refractivity contribution in [3.8, 4) is 0 Å². The zero-order valence-corrected chi connectivity index (χ0v) is 14.0. The lowest BCUT2D eigenvalue weighted by atomic mass is 10.2. The van der Waals surface area contributed by atoms with Crippen molar-refractivity contribution in [1.82, 2.24) is 15.6 Å². The highest BCUT2D eigenvalue weighted by Crippen LogP contribution is 2.11. The van der Waals surface area contributed by atoms with Crippen LogP contribution in [0.1, 0.15) is 25.0 Å². The average Bonchev–Trinajstić information content (AvgIpc) is 3.10. The summed E-state index contributed by atoms with van der Waals surface area (Å²) in [5.74, 6) is 0.819. The Hall–Kier alpha value is -1.66. The Bertz CT molecular complexity index is 447. The zero-order chi connectivity index (χ0) is 16.2.